The molecule has 5 rings (SSSR count). The molecule has 0 radical (unpaired) electrons. The smallest absolute Gasteiger partial charge is 0.266 e. The van der Waals surface area contributed by atoms with Gasteiger partial charge in [0.15, 0.2) is 0 Å². The molecule has 30 heavy (non-hydrogen) atoms. The summed E-state index contributed by atoms with van der Waals surface area (Å²) in [6.45, 7) is 0. The van der Waals surface area contributed by atoms with Crippen LogP contribution in [0.1, 0.15) is 11.4 Å². The first-order valence-corrected chi connectivity index (χ1v) is 9.68. The predicted molar refractivity (Wildman–Crippen MR) is 122 cm³/mol. The molecule has 0 aliphatic rings. The van der Waals surface area contributed by atoms with E-state index in [9.17, 15) is 9.90 Å². The average molecular weight is 390 g/mol. The van der Waals surface area contributed by atoms with Gasteiger partial charge in [0.2, 0.25) is 0 Å². The predicted octanol–water partition coefficient (Wildman–Crippen LogP) is 5.41. The van der Waals surface area contributed by atoms with Gasteiger partial charge < -0.3 is 5.11 Å². The number of fused-ring (bicyclic) bond motifs is 2. The zero-order chi connectivity index (χ0) is 20.5. The lowest BCUT2D eigenvalue weighted by atomic mass is 10.1. The zero-order valence-corrected chi connectivity index (χ0v) is 16.1. The van der Waals surface area contributed by atoms with Crippen molar-refractivity contribution in [2.45, 2.75) is 0 Å². The molecule has 0 fully saturated rings. The average Bonchev–Trinajstić information content (AvgIpc) is 2.78. The van der Waals surface area contributed by atoms with Crippen molar-refractivity contribution < 1.29 is 5.11 Å². The molecular formula is C26H18N2O2. The molecule has 0 bridgehead atoms. The molecule has 0 spiro atoms. The number of rotatable bonds is 3. The van der Waals surface area contributed by atoms with Gasteiger partial charge >= 0.3 is 0 Å². The van der Waals surface area contributed by atoms with Crippen molar-refractivity contribution in [2.75, 3.05) is 0 Å². The Morgan fingerprint density at radius 3 is 2.30 bits per heavy atom. The maximum atomic E-state index is 13.5. The highest BCUT2D eigenvalue weighted by molar-refractivity contribution is 5.91. The molecule has 4 heteroatoms. The van der Waals surface area contributed by atoms with E-state index in [4.69, 9.17) is 4.98 Å². The maximum Gasteiger partial charge on any atom is 0.266 e. The van der Waals surface area contributed by atoms with E-state index in [-0.39, 0.29) is 11.3 Å². The van der Waals surface area contributed by atoms with Crippen molar-refractivity contribution >= 4 is 33.8 Å². The van der Waals surface area contributed by atoms with E-state index in [1.54, 1.807) is 34.9 Å². The molecule has 1 heterocycles. The van der Waals surface area contributed by atoms with Crippen molar-refractivity contribution in [3.63, 3.8) is 0 Å². The summed E-state index contributed by atoms with van der Waals surface area (Å²) >= 11 is 0. The Kier molecular flexibility index (Phi) is 4.37. The molecule has 0 saturated heterocycles. The second-order valence-corrected chi connectivity index (χ2v) is 7.02. The Morgan fingerprint density at radius 2 is 1.43 bits per heavy atom. The van der Waals surface area contributed by atoms with Crippen LogP contribution in [0.2, 0.25) is 0 Å². The highest BCUT2D eigenvalue weighted by Gasteiger charge is 2.13. The van der Waals surface area contributed by atoms with Gasteiger partial charge in [-0.25, -0.2) is 4.98 Å². The molecule has 1 aromatic heterocycles. The molecule has 0 unspecified atom stereocenters. The van der Waals surface area contributed by atoms with Crippen LogP contribution < -0.4 is 5.56 Å². The lowest BCUT2D eigenvalue weighted by Gasteiger charge is -2.14. The number of benzene rings is 4. The number of phenolic OH excluding ortho intramolecular Hbond substituents is 1. The lowest BCUT2D eigenvalue weighted by molar-refractivity contribution is 0.474. The molecule has 4 nitrogen and oxygen atoms in total. The summed E-state index contributed by atoms with van der Waals surface area (Å²) in [5.41, 5.74) is 1.93. The minimum atomic E-state index is -0.131. The standard InChI is InChI=1S/C26H18N2O2/c29-24-15-6-2-9-19(24)16-17-25-27-22-13-5-4-12-21(22)26(30)28(25)23-14-7-10-18-8-1-3-11-20(18)23/h1-17,29H. The summed E-state index contributed by atoms with van der Waals surface area (Å²) in [5.74, 6) is 0.673. The lowest BCUT2D eigenvalue weighted by Crippen LogP contribution is -2.22. The highest BCUT2D eigenvalue weighted by Crippen LogP contribution is 2.24. The van der Waals surface area contributed by atoms with Crippen LogP contribution in [0.3, 0.4) is 0 Å². The van der Waals surface area contributed by atoms with Gasteiger partial charge in [0.25, 0.3) is 5.56 Å². The number of hydrogen-bond acceptors (Lipinski definition) is 3. The van der Waals surface area contributed by atoms with Crippen molar-refractivity contribution in [1.29, 1.82) is 0 Å². The quantitative estimate of drug-likeness (QED) is 0.448. The van der Waals surface area contributed by atoms with Crippen LogP contribution in [0.15, 0.2) is 95.8 Å². The first-order chi connectivity index (χ1) is 14.7. The summed E-state index contributed by atoms with van der Waals surface area (Å²) in [4.78, 5) is 18.3. The van der Waals surface area contributed by atoms with Crippen molar-refractivity contribution in [1.82, 2.24) is 9.55 Å². The molecule has 0 aliphatic carbocycles. The summed E-state index contributed by atoms with van der Waals surface area (Å²) in [6, 6.07) is 28.3. The van der Waals surface area contributed by atoms with E-state index >= 15 is 0 Å². The fourth-order valence-corrected chi connectivity index (χ4v) is 3.69. The minimum absolute atomic E-state index is 0.131. The topological polar surface area (TPSA) is 55.1 Å². The highest BCUT2D eigenvalue weighted by atomic mass is 16.3. The van der Waals surface area contributed by atoms with E-state index in [2.05, 4.69) is 0 Å². The van der Waals surface area contributed by atoms with E-state index in [0.29, 0.717) is 22.3 Å². The van der Waals surface area contributed by atoms with E-state index in [1.165, 1.54) is 0 Å². The SMILES string of the molecule is O=c1c2ccccc2nc(C=Cc2ccccc2O)n1-c1cccc2ccccc12. The van der Waals surface area contributed by atoms with Crippen LogP contribution in [0, 0.1) is 0 Å². The Balaban J connectivity index is 1.82. The monoisotopic (exact) mass is 390 g/mol. The molecule has 5 aromatic rings. The summed E-state index contributed by atoms with van der Waals surface area (Å²) in [6.07, 6.45) is 3.54. The Hall–Kier alpha value is -4.18. The van der Waals surface area contributed by atoms with Crippen LogP contribution in [-0.4, -0.2) is 14.7 Å². The third-order valence-electron chi connectivity index (χ3n) is 5.16. The summed E-state index contributed by atoms with van der Waals surface area (Å²) < 4.78 is 1.64. The fourth-order valence-electron chi connectivity index (χ4n) is 3.69. The number of phenols is 1. The molecule has 0 atom stereocenters. The number of hydrogen-bond donors (Lipinski definition) is 1. The second-order valence-electron chi connectivity index (χ2n) is 7.02. The van der Waals surface area contributed by atoms with Crippen LogP contribution in [-0.2, 0) is 0 Å². The molecule has 0 aliphatic heterocycles. The van der Waals surface area contributed by atoms with Crippen molar-refractivity contribution in [3.8, 4) is 11.4 Å². The summed E-state index contributed by atoms with van der Waals surface area (Å²) in [5, 5.41) is 12.7. The van der Waals surface area contributed by atoms with Crippen LogP contribution in [0.25, 0.3) is 39.5 Å². The molecule has 4 aromatic carbocycles. The van der Waals surface area contributed by atoms with Gasteiger partial charge in [-0.05, 0) is 41.8 Å². The number of para-hydroxylation sites is 2. The van der Waals surface area contributed by atoms with E-state index in [0.717, 1.165) is 16.5 Å². The third kappa shape index (κ3) is 3.05. The van der Waals surface area contributed by atoms with Gasteiger partial charge in [-0.1, -0.05) is 66.7 Å². The molecular weight excluding hydrogens is 372 g/mol. The second kappa shape index (κ2) is 7.33. The maximum absolute atomic E-state index is 13.5. The van der Waals surface area contributed by atoms with E-state index in [1.807, 2.05) is 72.8 Å². The van der Waals surface area contributed by atoms with E-state index < -0.39 is 0 Å². The normalized spacial score (nSPS) is 11.5. The van der Waals surface area contributed by atoms with Crippen LogP contribution in [0.5, 0.6) is 5.75 Å². The third-order valence-corrected chi connectivity index (χ3v) is 5.16. The molecule has 0 amide bonds. The minimum Gasteiger partial charge on any atom is -0.507 e. The number of aromatic hydroxyl groups is 1. The first-order valence-electron chi connectivity index (χ1n) is 9.68. The first kappa shape index (κ1) is 17.9. The number of aromatic nitrogens is 2. The number of nitrogens with zero attached hydrogens (tertiary/aromatic N) is 2. The van der Waals surface area contributed by atoms with Gasteiger partial charge in [0.1, 0.15) is 11.6 Å². The summed E-state index contributed by atoms with van der Waals surface area (Å²) in [7, 11) is 0. The van der Waals surface area contributed by atoms with Crippen LogP contribution in [0.4, 0.5) is 0 Å². The molecule has 0 saturated carbocycles. The largest absolute Gasteiger partial charge is 0.507 e. The zero-order valence-electron chi connectivity index (χ0n) is 16.1. The van der Waals surface area contributed by atoms with Crippen molar-refractivity contribution in [2.24, 2.45) is 0 Å². The Bertz CT molecular complexity index is 1480. The van der Waals surface area contributed by atoms with Crippen LogP contribution >= 0.6 is 0 Å². The van der Waals surface area contributed by atoms with Gasteiger partial charge in [-0.2, -0.15) is 0 Å². The Morgan fingerprint density at radius 1 is 0.733 bits per heavy atom. The van der Waals surface area contributed by atoms with Gasteiger partial charge in [0, 0.05) is 10.9 Å². The van der Waals surface area contributed by atoms with Gasteiger partial charge in [0.05, 0.1) is 16.6 Å². The van der Waals surface area contributed by atoms with Gasteiger partial charge in [-0.15, -0.1) is 0 Å². The molecule has 144 valence electrons. The Labute approximate surface area is 173 Å². The van der Waals surface area contributed by atoms with Crippen molar-refractivity contribution in [3.05, 3.63) is 113 Å². The molecule has 1 N–H and O–H groups in total. The fraction of sp³-hybridized carbons (Fsp3) is 0. The van der Waals surface area contributed by atoms with Gasteiger partial charge in [-0.3, -0.25) is 9.36 Å².